The van der Waals surface area contributed by atoms with Gasteiger partial charge in [0.1, 0.15) is 0 Å². The molecule has 5 heteroatoms. The largest absolute Gasteiger partial charge is 0.480 e. The number of aryl methyl sites for hydroxylation is 3. The number of nitrogens with zero attached hydrogens (tertiary/aromatic N) is 2. The lowest BCUT2D eigenvalue weighted by Gasteiger charge is -2.12. The van der Waals surface area contributed by atoms with Crippen LogP contribution < -0.4 is 10.1 Å². The van der Waals surface area contributed by atoms with Crippen LogP contribution in [0.5, 0.6) is 5.88 Å². The van der Waals surface area contributed by atoms with Crippen LogP contribution in [0.1, 0.15) is 27.2 Å². The van der Waals surface area contributed by atoms with Crippen LogP contribution in [0.15, 0.2) is 24.3 Å². The lowest BCUT2D eigenvalue weighted by molar-refractivity contribution is 0.102. The molecule has 1 N–H and O–H groups in total. The van der Waals surface area contributed by atoms with Gasteiger partial charge in [-0.05, 0) is 38.0 Å². The van der Waals surface area contributed by atoms with Crippen molar-refractivity contribution in [3.05, 3.63) is 46.6 Å². The van der Waals surface area contributed by atoms with Gasteiger partial charge in [-0.2, -0.15) is 0 Å². The molecule has 0 saturated carbocycles. The summed E-state index contributed by atoms with van der Waals surface area (Å²) in [4.78, 5) is 12.1. The van der Waals surface area contributed by atoms with Crippen molar-refractivity contribution in [2.24, 2.45) is 0 Å². The molecule has 0 aliphatic heterocycles. The Kier molecular flexibility index (Phi) is 3.98. The monoisotopic (exact) mass is 271 g/mol. The van der Waals surface area contributed by atoms with Gasteiger partial charge in [0.2, 0.25) is 5.88 Å². The van der Waals surface area contributed by atoms with Crippen molar-refractivity contribution in [2.75, 3.05) is 12.4 Å². The van der Waals surface area contributed by atoms with E-state index in [1.807, 2.05) is 32.9 Å². The van der Waals surface area contributed by atoms with Gasteiger partial charge >= 0.3 is 0 Å². The van der Waals surface area contributed by atoms with Crippen molar-refractivity contribution >= 4 is 11.6 Å². The van der Waals surface area contributed by atoms with Gasteiger partial charge in [-0.1, -0.05) is 17.7 Å². The standard InChI is InChI=1S/C15H17N3O2/c1-9-7-10(2)14(11(3)8-9)16-15(19)12-5-6-13(20-4)18-17-12/h5-8H,1-4H3,(H,16,19). The Morgan fingerprint density at radius 2 is 1.75 bits per heavy atom. The Bertz CT molecular complexity index is 613. The summed E-state index contributed by atoms with van der Waals surface area (Å²) in [7, 11) is 1.50. The average Bonchev–Trinajstić information content (AvgIpc) is 2.42. The number of hydrogen-bond donors (Lipinski definition) is 1. The SMILES string of the molecule is COc1ccc(C(=O)Nc2c(C)cc(C)cc2C)nn1. The average molecular weight is 271 g/mol. The van der Waals surface area contributed by atoms with Gasteiger partial charge in [0, 0.05) is 11.8 Å². The zero-order chi connectivity index (χ0) is 14.7. The molecule has 0 aliphatic carbocycles. The zero-order valence-corrected chi connectivity index (χ0v) is 12.0. The Morgan fingerprint density at radius 1 is 1.10 bits per heavy atom. The number of anilines is 1. The molecule has 0 saturated heterocycles. The summed E-state index contributed by atoms with van der Waals surface area (Å²) < 4.78 is 4.91. The van der Waals surface area contributed by atoms with E-state index in [0.717, 1.165) is 16.8 Å². The quantitative estimate of drug-likeness (QED) is 0.932. The first-order valence-electron chi connectivity index (χ1n) is 6.28. The number of aromatic nitrogens is 2. The highest BCUT2D eigenvalue weighted by Crippen LogP contribution is 2.22. The van der Waals surface area contributed by atoms with Gasteiger partial charge in [-0.25, -0.2) is 0 Å². The summed E-state index contributed by atoms with van der Waals surface area (Å²) in [6.07, 6.45) is 0. The van der Waals surface area contributed by atoms with Crippen molar-refractivity contribution in [3.63, 3.8) is 0 Å². The molecule has 5 nitrogen and oxygen atoms in total. The van der Waals surface area contributed by atoms with Gasteiger partial charge in [0.05, 0.1) is 7.11 Å². The molecule has 2 rings (SSSR count). The normalized spacial score (nSPS) is 10.2. The topological polar surface area (TPSA) is 64.1 Å². The van der Waals surface area contributed by atoms with Crippen molar-refractivity contribution < 1.29 is 9.53 Å². The summed E-state index contributed by atoms with van der Waals surface area (Å²) >= 11 is 0. The molecule has 1 heterocycles. The third-order valence-corrected chi connectivity index (χ3v) is 3.00. The van der Waals surface area contributed by atoms with Crippen molar-refractivity contribution in [3.8, 4) is 5.88 Å². The zero-order valence-electron chi connectivity index (χ0n) is 12.0. The second-order valence-corrected chi connectivity index (χ2v) is 4.69. The van der Waals surface area contributed by atoms with E-state index in [2.05, 4.69) is 15.5 Å². The van der Waals surface area contributed by atoms with E-state index in [1.165, 1.54) is 12.7 Å². The fourth-order valence-corrected chi connectivity index (χ4v) is 2.10. The van der Waals surface area contributed by atoms with Gasteiger partial charge < -0.3 is 10.1 Å². The Balaban J connectivity index is 2.23. The molecule has 104 valence electrons. The number of hydrogen-bond acceptors (Lipinski definition) is 4. The number of methoxy groups -OCH3 is 1. The Morgan fingerprint density at radius 3 is 2.25 bits per heavy atom. The maximum Gasteiger partial charge on any atom is 0.276 e. The number of carbonyl (C=O) groups excluding carboxylic acids is 1. The molecular weight excluding hydrogens is 254 g/mol. The van der Waals surface area contributed by atoms with E-state index >= 15 is 0 Å². The van der Waals surface area contributed by atoms with Crippen LogP contribution in [0.25, 0.3) is 0 Å². The van der Waals surface area contributed by atoms with Crippen LogP contribution in [0.3, 0.4) is 0 Å². The summed E-state index contributed by atoms with van der Waals surface area (Å²) in [6.45, 7) is 5.96. The van der Waals surface area contributed by atoms with Gasteiger partial charge in [0.25, 0.3) is 5.91 Å². The first kappa shape index (κ1) is 14.0. The van der Waals surface area contributed by atoms with E-state index in [1.54, 1.807) is 12.1 Å². The van der Waals surface area contributed by atoms with Crippen molar-refractivity contribution in [1.82, 2.24) is 10.2 Å². The predicted molar refractivity (Wildman–Crippen MR) is 77.2 cm³/mol. The molecule has 0 fully saturated rings. The molecule has 0 aliphatic rings. The molecule has 2 aromatic rings. The molecule has 20 heavy (non-hydrogen) atoms. The number of amides is 1. The molecule has 1 aromatic carbocycles. The van der Waals surface area contributed by atoms with E-state index in [9.17, 15) is 4.79 Å². The molecule has 0 bridgehead atoms. The van der Waals surface area contributed by atoms with E-state index in [0.29, 0.717) is 5.88 Å². The highest BCUT2D eigenvalue weighted by Gasteiger charge is 2.12. The summed E-state index contributed by atoms with van der Waals surface area (Å²) in [5, 5.41) is 10.5. The molecule has 0 atom stereocenters. The van der Waals surface area contributed by atoms with Crippen molar-refractivity contribution in [2.45, 2.75) is 20.8 Å². The lowest BCUT2D eigenvalue weighted by Crippen LogP contribution is -2.16. The van der Waals surface area contributed by atoms with Crippen LogP contribution in [0, 0.1) is 20.8 Å². The molecule has 0 unspecified atom stereocenters. The van der Waals surface area contributed by atoms with Gasteiger partial charge in [-0.15, -0.1) is 10.2 Å². The molecule has 0 spiro atoms. The minimum Gasteiger partial charge on any atom is -0.480 e. The minimum absolute atomic E-state index is 0.255. The van der Waals surface area contributed by atoms with Crippen LogP contribution in [0.4, 0.5) is 5.69 Å². The predicted octanol–water partition coefficient (Wildman–Crippen LogP) is 2.66. The summed E-state index contributed by atoms with van der Waals surface area (Å²) in [6, 6.07) is 7.25. The van der Waals surface area contributed by atoms with Gasteiger partial charge in [-0.3, -0.25) is 4.79 Å². The van der Waals surface area contributed by atoms with Crippen LogP contribution in [-0.4, -0.2) is 23.2 Å². The van der Waals surface area contributed by atoms with Crippen LogP contribution in [0.2, 0.25) is 0 Å². The number of carbonyl (C=O) groups is 1. The second kappa shape index (κ2) is 5.69. The van der Waals surface area contributed by atoms with E-state index in [-0.39, 0.29) is 11.6 Å². The third kappa shape index (κ3) is 2.93. The lowest BCUT2D eigenvalue weighted by atomic mass is 10.1. The molecule has 0 radical (unpaired) electrons. The maximum atomic E-state index is 12.1. The first-order valence-corrected chi connectivity index (χ1v) is 6.28. The van der Waals surface area contributed by atoms with E-state index in [4.69, 9.17) is 4.74 Å². The third-order valence-electron chi connectivity index (χ3n) is 3.00. The molecule has 1 aromatic heterocycles. The second-order valence-electron chi connectivity index (χ2n) is 4.69. The summed E-state index contributed by atoms with van der Waals surface area (Å²) in [5.41, 5.74) is 4.29. The number of rotatable bonds is 3. The fourth-order valence-electron chi connectivity index (χ4n) is 2.10. The van der Waals surface area contributed by atoms with Crippen LogP contribution in [-0.2, 0) is 0 Å². The Hall–Kier alpha value is -2.43. The first-order chi connectivity index (χ1) is 9.51. The molecular formula is C15H17N3O2. The summed E-state index contributed by atoms with van der Waals surface area (Å²) in [5.74, 6) is 0.0967. The smallest absolute Gasteiger partial charge is 0.276 e. The number of ether oxygens (including phenoxy) is 1. The highest BCUT2D eigenvalue weighted by atomic mass is 16.5. The fraction of sp³-hybridized carbons (Fsp3) is 0.267. The molecule has 1 amide bonds. The minimum atomic E-state index is -0.282. The Labute approximate surface area is 118 Å². The number of nitrogens with one attached hydrogen (secondary N) is 1. The van der Waals surface area contributed by atoms with Crippen LogP contribution >= 0.6 is 0 Å². The van der Waals surface area contributed by atoms with Gasteiger partial charge in [0.15, 0.2) is 5.69 Å². The van der Waals surface area contributed by atoms with E-state index < -0.39 is 0 Å². The number of benzene rings is 1. The highest BCUT2D eigenvalue weighted by molar-refractivity contribution is 6.03. The maximum absolute atomic E-state index is 12.1. The van der Waals surface area contributed by atoms with Crippen molar-refractivity contribution in [1.29, 1.82) is 0 Å².